The highest BCUT2D eigenvalue weighted by molar-refractivity contribution is 8.35. The number of thiophene rings is 2. The summed E-state index contributed by atoms with van der Waals surface area (Å²) in [7, 11) is 0. The molecule has 80 heavy (non-hydrogen) atoms. The molecule has 0 unspecified atom stereocenters. The van der Waals surface area contributed by atoms with Crippen LogP contribution in [-0.2, 0) is 85.3 Å². The Morgan fingerprint density at radius 3 is 1.06 bits per heavy atom. The summed E-state index contributed by atoms with van der Waals surface area (Å²) in [6.07, 6.45) is 0. The fraction of sp³-hybridized carbons (Fsp3) is 0.172. The normalized spacial score (nSPS) is 16.5. The van der Waals surface area contributed by atoms with Crippen LogP contribution >= 0.6 is 70.6 Å². The van der Waals surface area contributed by atoms with Crippen molar-refractivity contribution in [2.24, 2.45) is 9.98 Å². The number of benzene rings is 5. The summed E-state index contributed by atoms with van der Waals surface area (Å²) in [5.74, 6) is -5.67. The number of hydrogen-bond acceptors (Lipinski definition) is 20. The van der Waals surface area contributed by atoms with Crippen molar-refractivity contribution in [1.82, 2.24) is 9.80 Å². The summed E-state index contributed by atoms with van der Waals surface area (Å²) in [6, 6.07) is 41.1. The van der Waals surface area contributed by atoms with Crippen LogP contribution in [0.3, 0.4) is 0 Å². The topological polar surface area (TPSA) is 189 Å². The van der Waals surface area contributed by atoms with Crippen LogP contribution in [0, 0.1) is 0 Å². The number of hydrogen-bond donors (Lipinski definition) is 0. The van der Waals surface area contributed by atoms with Crippen LogP contribution in [0.1, 0.15) is 47.2 Å². The summed E-state index contributed by atoms with van der Waals surface area (Å²) >= 11 is 15.1. The van der Waals surface area contributed by atoms with E-state index in [2.05, 4.69) is 0 Å². The van der Waals surface area contributed by atoms with Gasteiger partial charge in [0.25, 0.3) is 11.8 Å². The zero-order valence-corrected chi connectivity index (χ0v) is 47.1. The minimum absolute atomic E-state index is 0.0613. The molecule has 0 spiro atoms. The number of thiocarbonyl (C=S) groups is 2. The van der Waals surface area contributed by atoms with Gasteiger partial charge in [-0.25, -0.2) is 29.2 Å². The van der Waals surface area contributed by atoms with Crippen molar-refractivity contribution in [3.05, 3.63) is 179 Å². The predicted molar refractivity (Wildman–Crippen MR) is 312 cm³/mol. The molecule has 2 aromatic heterocycles. The quantitative estimate of drug-likeness (QED) is 0.0384. The van der Waals surface area contributed by atoms with Gasteiger partial charge in [-0.3, -0.25) is 19.4 Å². The molecule has 0 radical (unpaired) electrons. The second-order valence-electron chi connectivity index (χ2n) is 18.0. The Morgan fingerprint density at radius 2 is 0.787 bits per heavy atom. The summed E-state index contributed by atoms with van der Waals surface area (Å²) in [5.41, 5.74) is -3.25. The van der Waals surface area contributed by atoms with Gasteiger partial charge in [-0.05, 0) is 71.8 Å². The number of aliphatic imine (C=N–C) groups is 2. The molecule has 4 aliphatic rings. The third-order valence-corrected chi connectivity index (χ3v) is 17.8. The van der Waals surface area contributed by atoms with E-state index >= 15 is 19.2 Å². The molecule has 0 atom stereocenters. The van der Waals surface area contributed by atoms with E-state index < -0.39 is 46.9 Å². The zero-order chi connectivity index (χ0) is 55.7. The maximum atomic E-state index is 15.5. The molecule has 0 N–H and O–H groups in total. The van der Waals surface area contributed by atoms with Gasteiger partial charge in [-0.15, -0.1) is 22.7 Å². The number of carbonyl (C=O) groups is 6. The first-order valence-electron chi connectivity index (χ1n) is 24.8. The molecule has 0 aliphatic carbocycles. The van der Waals surface area contributed by atoms with Gasteiger partial charge in [0.15, 0.2) is 10.1 Å². The molecule has 6 heterocycles. The third-order valence-electron chi connectivity index (χ3n) is 13.0. The molecule has 0 saturated carbocycles. The number of carbonyl (C=O) groups excluding carboxylic acids is 6. The van der Waals surface area contributed by atoms with Crippen molar-refractivity contribution < 1.29 is 57.2 Å². The van der Waals surface area contributed by atoms with Gasteiger partial charge in [-0.2, -0.15) is 0 Å². The number of thioether (sulfide) groups is 2. The van der Waals surface area contributed by atoms with Crippen molar-refractivity contribution in [1.29, 1.82) is 0 Å². The van der Waals surface area contributed by atoms with E-state index in [1.165, 1.54) is 34.1 Å². The SMILES string of the molecule is CCN1C(=O)C(=Nc2cc3c(s2)-c2cc4c(cc2C(C(=O)OCc2ccccc2)(C(=O)OCc2ccccc2)O3)-c2sc(N=C3SC(=S)N(CC)C3=O)cc2OC4(C(=O)OCc2ccccc2)C(=O)OCc2ccccc2)SC1=S. The van der Waals surface area contributed by atoms with Gasteiger partial charge in [-0.1, -0.05) is 146 Å². The molecule has 2 saturated heterocycles. The highest BCUT2D eigenvalue weighted by Crippen LogP contribution is 2.59. The van der Waals surface area contributed by atoms with E-state index in [1.807, 2.05) is 0 Å². The molecule has 7 aromatic rings. The van der Waals surface area contributed by atoms with Gasteiger partial charge < -0.3 is 28.4 Å². The molecule has 402 valence electrons. The van der Waals surface area contributed by atoms with Gasteiger partial charge >= 0.3 is 35.1 Å². The minimum Gasteiger partial charge on any atom is -0.458 e. The lowest BCUT2D eigenvalue weighted by molar-refractivity contribution is -0.185. The lowest BCUT2D eigenvalue weighted by Gasteiger charge is -2.39. The van der Waals surface area contributed by atoms with Crippen molar-refractivity contribution in [2.45, 2.75) is 51.5 Å². The summed E-state index contributed by atoms with van der Waals surface area (Å²) in [4.78, 5) is 102. The van der Waals surface area contributed by atoms with Gasteiger partial charge in [0.1, 0.15) is 56.6 Å². The highest BCUT2D eigenvalue weighted by atomic mass is 32.2. The lowest BCUT2D eigenvalue weighted by Crippen LogP contribution is -2.54. The van der Waals surface area contributed by atoms with E-state index in [4.69, 9.17) is 62.8 Å². The Kier molecular flexibility index (Phi) is 15.4. The van der Waals surface area contributed by atoms with Crippen LogP contribution in [0.25, 0.3) is 20.9 Å². The standard InChI is InChI=1S/C58H42N4O12S6/c1-3-61-49(63)47(79-55(61)75)59-43-27-41-45(77-43)37-25-40-38(26-39(37)57(73-41,51(65)69-29-33-17-9-5-10-18-33)52(66)70-30-34-19-11-6-12-20-34)46-42(28-44(78-46)60-48-50(64)62(4-2)56(76)80-48)74-58(40,53(67)71-31-35-21-13-7-14-22-35)54(68)72-32-36-23-15-8-16-24-36/h5-28H,3-4,29-32H2,1-2H3. The number of nitrogens with zero attached hydrogens (tertiary/aromatic N) is 4. The van der Waals surface area contributed by atoms with Crippen LogP contribution < -0.4 is 9.47 Å². The molecule has 2 fully saturated rings. The largest absolute Gasteiger partial charge is 0.458 e. The van der Waals surface area contributed by atoms with Crippen LogP contribution in [0.2, 0.25) is 0 Å². The van der Waals surface area contributed by atoms with Gasteiger partial charge in [0.05, 0.1) is 9.75 Å². The van der Waals surface area contributed by atoms with Crippen molar-refractivity contribution in [3.8, 4) is 32.4 Å². The summed E-state index contributed by atoms with van der Waals surface area (Å²) in [5, 5.41) is 0.549. The molecule has 0 bridgehead atoms. The average Bonchev–Trinajstić information content (AvgIpc) is 4.25. The maximum absolute atomic E-state index is 15.5. The molecule has 11 rings (SSSR count). The van der Waals surface area contributed by atoms with E-state index in [1.54, 1.807) is 135 Å². The summed E-state index contributed by atoms with van der Waals surface area (Å²) < 4.78 is 38.5. The molecule has 16 nitrogen and oxygen atoms in total. The van der Waals surface area contributed by atoms with Crippen LogP contribution in [-0.4, -0.2) is 77.3 Å². The van der Waals surface area contributed by atoms with Crippen LogP contribution in [0.15, 0.2) is 156 Å². The molecular formula is C58H42N4O12S6. The number of amides is 2. The molecule has 5 aromatic carbocycles. The predicted octanol–water partition coefficient (Wildman–Crippen LogP) is 11.1. The Hall–Kier alpha value is -7.86. The second-order valence-corrected chi connectivity index (χ2v) is 23.3. The second kappa shape index (κ2) is 22.7. The van der Waals surface area contributed by atoms with Gasteiger partial charge in [0.2, 0.25) is 0 Å². The van der Waals surface area contributed by atoms with Crippen LogP contribution in [0.4, 0.5) is 10.0 Å². The van der Waals surface area contributed by atoms with E-state index in [0.717, 1.165) is 46.2 Å². The van der Waals surface area contributed by atoms with E-state index in [-0.39, 0.29) is 90.0 Å². The summed E-state index contributed by atoms with van der Waals surface area (Å²) in [6.45, 7) is 2.98. The fourth-order valence-corrected chi connectivity index (χ4v) is 13.7. The molecule has 22 heteroatoms. The fourth-order valence-electron chi connectivity index (χ4n) is 9.08. The Bertz CT molecular complexity index is 3380. The van der Waals surface area contributed by atoms with Crippen LogP contribution in [0.5, 0.6) is 11.5 Å². The van der Waals surface area contributed by atoms with E-state index in [9.17, 15) is 9.59 Å². The highest BCUT2D eigenvalue weighted by Gasteiger charge is 2.62. The number of ether oxygens (including phenoxy) is 6. The van der Waals surface area contributed by atoms with Crippen molar-refractivity contribution in [2.75, 3.05) is 13.1 Å². The smallest absolute Gasteiger partial charge is 0.367 e. The Balaban J connectivity index is 1.16. The Labute approximate surface area is 484 Å². The molecule has 4 aliphatic heterocycles. The first-order chi connectivity index (χ1) is 38.8. The average molecular weight is 1180 g/mol. The minimum atomic E-state index is -2.78. The Morgan fingerprint density at radius 1 is 0.487 bits per heavy atom. The monoisotopic (exact) mass is 1180 g/mol. The first-order valence-corrected chi connectivity index (χ1v) is 28.8. The zero-order valence-electron chi connectivity index (χ0n) is 42.2. The lowest BCUT2D eigenvalue weighted by atomic mass is 9.78. The van der Waals surface area contributed by atoms with Gasteiger partial charge in [0, 0.05) is 47.5 Å². The molecule has 2 amide bonds. The third kappa shape index (κ3) is 10.1. The maximum Gasteiger partial charge on any atom is 0.367 e. The number of fused-ring (bicyclic) bond motifs is 6. The van der Waals surface area contributed by atoms with E-state index in [0.29, 0.717) is 44.0 Å². The number of esters is 4. The number of rotatable bonds is 16. The van der Waals surface area contributed by atoms with Crippen molar-refractivity contribution in [3.63, 3.8) is 0 Å². The molecular weight excluding hydrogens is 1140 g/mol. The van der Waals surface area contributed by atoms with Crippen molar-refractivity contribution >= 4 is 135 Å². The first kappa shape index (κ1) is 54.1.